The minimum absolute atomic E-state index is 0.0812. The average Bonchev–Trinajstić information content (AvgIpc) is 2.60. The van der Waals surface area contributed by atoms with Gasteiger partial charge in [-0.1, -0.05) is 30.3 Å². The maximum atomic E-state index is 13.9. The summed E-state index contributed by atoms with van der Waals surface area (Å²) in [6, 6.07) is 12.2. The number of anilines is 1. The Hall–Kier alpha value is -3.75. The van der Waals surface area contributed by atoms with Crippen molar-refractivity contribution in [2.45, 2.75) is 6.54 Å². The number of rotatable bonds is 4. The van der Waals surface area contributed by atoms with Gasteiger partial charge >= 0.3 is 5.69 Å². The largest absolute Gasteiger partial charge is 0.385 e. The lowest BCUT2D eigenvalue weighted by Crippen LogP contribution is -2.40. The molecule has 0 amide bonds. The molecule has 1 heterocycles. The molecule has 2 N–H and O–H groups in total. The third-order valence-corrected chi connectivity index (χ3v) is 3.82. The number of nitro groups is 1. The van der Waals surface area contributed by atoms with Crippen molar-refractivity contribution < 1.29 is 9.31 Å². The van der Waals surface area contributed by atoms with Gasteiger partial charge in [0.05, 0.1) is 11.5 Å². The predicted octanol–water partition coefficient (Wildman–Crippen LogP) is 1.68. The Morgan fingerprint density at radius 1 is 1.08 bits per heavy atom. The molecule has 0 saturated carbocycles. The second-order valence-electron chi connectivity index (χ2n) is 5.45. The minimum atomic E-state index is -0.896. The van der Waals surface area contributed by atoms with Gasteiger partial charge in [0, 0.05) is 17.7 Å². The topological polar surface area (TPSA) is 113 Å². The first-order valence-electron chi connectivity index (χ1n) is 7.49. The summed E-state index contributed by atoms with van der Waals surface area (Å²) >= 11 is 0. The number of nitrogen functional groups attached to an aromatic ring is 1. The van der Waals surface area contributed by atoms with E-state index in [0.29, 0.717) is 0 Å². The summed E-state index contributed by atoms with van der Waals surface area (Å²) < 4.78 is 15.5. The summed E-state index contributed by atoms with van der Waals surface area (Å²) in [4.78, 5) is 35.6. The van der Waals surface area contributed by atoms with Crippen molar-refractivity contribution in [3.8, 4) is 5.69 Å². The lowest BCUT2D eigenvalue weighted by molar-refractivity contribution is -0.384. The van der Waals surface area contributed by atoms with Gasteiger partial charge in [0.1, 0.15) is 17.3 Å². The monoisotopic (exact) mass is 356 g/mol. The van der Waals surface area contributed by atoms with E-state index in [1.54, 1.807) is 6.07 Å². The maximum absolute atomic E-state index is 13.9. The molecule has 0 saturated heterocycles. The van der Waals surface area contributed by atoms with Crippen molar-refractivity contribution in [3.05, 3.63) is 96.9 Å². The van der Waals surface area contributed by atoms with E-state index < -0.39 is 22.0 Å². The van der Waals surface area contributed by atoms with Crippen LogP contribution in [0.3, 0.4) is 0 Å². The van der Waals surface area contributed by atoms with Gasteiger partial charge in [0.15, 0.2) is 0 Å². The molecule has 9 heteroatoms. The van der Waals surface area contributed by atoms with Crippen LogP contribution in [-0.4, -0.2) is 14.1 Å². The molecule has 3 aromatic rings. The van der Waals surface area contributed by atoms with Crippen LogP contribution in [0.4, 0.5) is 15.9 Å². The number of benzene rings is 2. The van der Waals surface area contributed by atoms with Gasteiger partial charge in [-0.2, -0.15) is 0 Å². The van der Waals surface area contributed by atoms with Crippen LogP contribution in [0.2, 0.25) is 0 Å². The Balaban J connectivity index is 2.24. The quantitative estimate of drug-likeness (QED) is 0.564. The number of aromatic nitrogens is 2. The number of nitro benzene ring substituents is 1. The fraction of sp³-hybridized carbons (Fsp3) is 0.0588. The van der Waals surface area contributed by atoms with Gasteiger partial charge in [-0.15, -0.1) is 0 Å². The van der Waals surface area contributed by atoms with E-state index in [-0.39, 0.29) is 29.3 Å². The molecule has 0 spiro atoms. The zero-order valence-corrected chi connectivity index (χ0v) is 13.3. The minimum Gasteiger partial charge on any atom is -0.385 e. The zero-order chi connectivity index (χ0) is 18.8. The molecular formula is C17H13FN4O4. The van der Waals surface area contributed by atoms with Crippen LogP contribution in [0.1, 0.15) is 5.56 Å². The maximum Gasteiger partial charge on any atom is 0.337 e. The molecule has 8 nitrogen and oxygen atoms in total. The van der Waals surface area contributed by atoms with E-state index in [9.17, 15) is 24.1 Å². The fourth-order valence-electron chi connectivity index (χ4n) is 2.59. The Labute approximate surface area is 145 Å². The predicted molar refractivity (Wildman–Crippen MR) is 92.9 cm³/mol. The van der Waals surface area contributed by atoms with Crippen LogP contribution >= 0.6 is 0 Å². The second kappa shape index (κ2) is 6.63. The molecule has 0 aliphatic rings. The average molecular weight is 356 g/mol. The summed E-state index contributed by atoms with van der Waals surface area (Å²) in [7, 11) is 0. The molecule has 0 fully saturated rings. The van der Waals surface area contributed by atoms with Gasteiger partial charge < -0.3 is 5.73 Å². The van der Waals surface area contributed by atoms with E-state index in [0.717, 1.165) is 15.2 Å². The summed E-state index contributed by atoms with van der Waals surface area (Å²) in [6.45, 7) is -0.328. The lowest BCUT2D eigenvalue weighted by atomic mass is 10.2. The molecular weight excluding hydrogens is 343 g/mol. The highest BCUT2D eigenvalue weighted by molar-refractivity contribution is 5.55. The number of nitrogens with two attached hydrogens (primary N) is 1. The number of hydrogen-bond acceptors (Lipinski definition) is 5. The first kappa shape index (κ1) is 17.1. The van der Waals surface area contributed by atoms with Gasteiger partial charge in [0.2, 0.25) is 0 Å². The van der Waals surface area contributed by atoms with Gasteiger partial charge in [-0.3, -0.25) is 19.5 Å². The Kier molecular flexibility index (Phi) is 4.36. The first-order chi connectivity index (χ1) is 12.4. The standard InChI is InChI=1S/C17H13FN4O4/c18-12-6-2-1-5-11(12)10-20-16(23)9-15(19)21(17(20)24)13-7-3-4-8-14(13)22(25)26/h1-9H,10,19H2. The normalized spacial score (nSPS) is 10.7. The Morgan fingerprint density at radius 2 is 1.73 bits per heavy atom. The molecule has 0 unspecified atom stereocenters. The lowest BCUT2D eigenvalue weighted by Gasteiger charge is -2.13. The highest BCUT2D eigenvalue weighted by atomic mass is 19.1. The van der Waals surface area contributed by atoms with Gasteiger partial charge in [0.25, 0.3) is 11.2 Å². The van der Waals surface area contributed by atoms with Crippen LogP contribution in [0.25, 0.3) is 5.69 Å². The highest BCUT2D eigenvalue weighted by Gasteiger charge is 2.20. The van der Waals surface area contributed by atoms with Gasteiger partial charge in [-0.25, -0.2) is 13.8 Å². The first-order valence-corrected chi connectivity index (χ1v) is 7.49. The van der Waals surface area contributed by atoms with E-state index in [1.165, 1.54) is 42.5 Å². The van der Waals surface area contributed by atoms with E-state index >= 15 is 0 Å². The fourth-order valence-corrected chi connectivity index (χ4v) is 2.59. The number of nitrogens with zero attached hydrogens (tertiary/aromatic N) is 3. The molecule has 26 heavy (non-hydrogen) atoms. The Bertz CT molecular complexity index is 1120. The summed E-state index contributed by atoms with van der Waals surface area (Å²) in [5, 5.41) is 11.2. The second-order valence-corrected chi connectivity index (χ2v) is 5.45. The molecule has 1 aromatic heterocycles. The third kappa shape index (κ3) is 2.97. The summed E-state index contributed by atoms with van der Waals surface area (Å²) in [5.74, 6) is -0.827. The smallest absolute Gasteiger partial charge is 0.337 e. The van der Waals surface area contributed by atoms with Crippen molar-refractivity contribution in [2.24, 2.45) is 0 Å². The summed E-state index contributed by atoms with van der Waals surface area (Å²) in [6.07, 6.45) is 0. The molecule has 2 aromatic carbocycles. The molecule has 0 aliphatic carbocycles. The van der Waals surface area contributed by atoms with Crippen molar-refractivity contribution in [2.75, 3.05) is 5.73 Å². The van der Waals surface area contributed by atoms with Crippen LogP contribution < -0.4 is 17.0 Å². The van der Waals surface area contributed by atoms with E-state index in [4.69, 9.17) is 5.73 Å². The highest BCUT2D eigenvalue weighted by Crippen LogP contribution is 2.22. The number of para-hydroxylation sites is 2. The SMILES string of the molecule is Nc1cc(=O)n(Cc2ccccc2F)c(=O)n1-c1ccccc1[N+](=O)[O-]. The molecule has 0 radical (unpaired) electrons. The van der Waals surface area contributed by atoms with Crippen molar-refractivity contribution in [1.29, 1.82) is 0 Å². The van der Waals surface area contributed by atoms with Crippen LogP contribution in [0, 0.1) is 15.9 Å². The molecule has 3 rings (SSSR count). The number of halogens is 1. The van der Waals surface area contributed by atoms with Crippen LogP contribution in [-0.2, 0) is 6.54 Å². The van der Waals surface area contributed by atoms with Crippen molar-refractivity contribution >= 4 is 11.5 Å². The summed E-state index contributed by atoms with van der Waals surface area (Å²) in [5.41, 5.74) is 3.84. The zero-order valence-electron chi connectivity index (χ0n) is 13.3. The van der Waals surface area contributed by atoms with E-state index in [1.807, 2.05) is 0 Å². The molecule has 0 aliphatic heterocycles. The molecule has 132 valence electrons. The van der Waals surface area contributed by atoms with Crippen LogP contribution in [0.5, 0.6) is 0 Å². The number of hydrogen-bond donors (Lipinski definition) is 1. The molecule has 0 bridgehead atoms. The van der Waals surface area contributed by atoms with Crippen molar-refractivity contribution in [3.63, 3.8) is 0 Å². The Morgan fingerprint density at radius 3 is 2.42 bits per heavy atom. The van der Waals surface area contributed by atoms with E-state index in [2.05, 4.69) is 0 Å². The van der Waals surface area contributed by atoms with Crippen molar-refractivity contribution in [1.82, 2.24) is 9.13 Å². The van der Waals surface area contributed by atoms with Gasteiger partial charge in [-0.05, 0) is 12.1 Å². The molecule has 0 atom stereocenters. The third-order valence-electron chi connectivity index (χ3n) is 3.82. The van der Waals surface area contributed by atoms with Crippen LogP contribution in [0.15, 0.2) is 64.2 Å².